The molecule has 1 saturated heterocycles. The van der Waals surface area contributed by atoms with Gasteiger partial charge in [0.15, 0.2) is 11.5 Å². The Labute approximate surface area is 484 Å². The molecular weight excluding hydrogens is 1050 g/mol. The highest BCUT2D eigenvalue weighted by Crippen LogP contribution is 2.64. The number of hydrogen-bond donors (Lipinski definition) is 6. The number of benzene rings is 4. The average molecular weight is 1130 g/mol. The van der Waals surface area contributed by atoms with E-state index >= 15 is 0 Å². The van der Waals surface area contributed by atoms with Crippen LogP contribution in [-0.2, 0) is 39.1 Å². The van der Waals surface area contributed by atoms with Gasteiger partial charge in [-0.25, -0.2) is 0 Å². The number of carbonyl (C=O) groups is 1. The lowest BCUT2D eigenvalue weighted by Crippen LogP contribution is -2.52. The molecule has 0 aromatic heterocycles. The number of esters is 1. The number of hydrogen-bond acceptors (Lipinski definition) is 14. The summed E-state index contributed by atoms with van der Waals surface area (Å²) in [6, 6.07) is 18.8. The molecule has 0 radical (unpaired) electrons. The van der Waals surface area contributed by atoms with E-state index in [2.05, 4.69) is 100 Å². The van der Waals surface area contributed by atoms with Gasteiger partial charge in [-0.1, -0.05) is 101 Å². The second kappa shape index (κ2) is 23.0. The molecule has 6 bridgehead atoms. The van der Waals surface area contributed by atoms with Gasteiger partial charge in [0.2, 0.25) is 0 Å². The van der Waals surface area contributed by atoms with Gasteiger partial charge in [-0.2, -0.15) is 0 Å². The molecule has 12 atom stereocenters. The number of phenols is 2. The van der Waals surface area contributed by atoms with E-state index in [1.807, 2.05) is 33.7 Å². The van der Waals surface area contributed by atoms with Crippen molar-refractivity contribution in [2.45, 2.75) is 143 Å². The summed E-state index contributed by atoms with van der Waals surface area (Å²) in [5.74, 6) is 17.3. The predicted octanol–water partition coefficient (Wildman–Crippen LogP) is 10.8. The number of carbonyl (C=O) groups excluding carboxylic acids is 1. The van der Waals surface area contributed by atoms with Crippen LogP contribution in [0.25, 0.3) is 17.2 Å². The summed E-state index contributed by atoms with van der Waals surface area (Å²) in [5.41, 5.74) is 17.4. The van der Waals surface area contributed by atoms with Gasteiger partial charge in [-0.05, 0) is 134 Å². The van der Waals surface area contributed by atoms with E-state index in [0.717, 1.165) is 113 Å². The normalized spacial score (nSPS) is 30.5. The first kappa shape index (κ1) is 54.3. The van der Waals surface area contributed by atoms with Crippen LogP contribution in [0.3, 0.4) is 0 Å². The minimum absolute atomic E-state index is 0.00599. The zero-order valence-corrected chi connectivity index (χ0v) is 48.2. The van der Waals surface area contributed by atoms with Gasteiger partial charge in [0.25, 0.3) is 0 Å². The van der Waals surface area contributed by atoms with Crippen molar-refractivity contribution in [2.75, 3.05) is 39.7 Å². The topological polar surface area (TPSA) is 166 Å². The van der Waals surface area contributed by atoms with Crippen LogP contribution >= 0.6 is 21.6 Å². The maximum atomic E-state index is 13.6. The smallest absolute Gasteiger partial charge is 0.302 e. The van der Waals surface area contributed by atoms with E-state index in [1.54, 1.807) is 20.3 Å². The molecule has 14 heteroatoms. The summed E-state index contributed by atoms with van der Waals surface area (Å²) in [5, 5.41) is 36.3. The van der Waals surface area contributed by atoms with Crippen LogP contribution in [-0.4, -0.2) is 85.5 Å². The van der Waals surface area contributed by atoms with E-state index in [0.29, 0.717) is 67.1 Å². The van der Waals surface area contributed by atoms with E-state index in [9.17, 15) is 15.0 Å². The third-order valence-corrected chi connectivity index (χ3v) is 21.8. The lowest BCUT2D eigenvalue weighted by Gasteiger charge is -2.39. The second-order valence-electron chi connectivity index (χ2n) is 24.1. The Morgan fingerprint density at radius 1 is 0.963 bits per heavy atom. The van der Waals surface area contributed by atoms with Gasteiger partial charge in [0.05, 0.1) is 36.2 Å². The maximum Gasteiger partial charge on any atom is 0.302 e. The average Bonchev–Trinajstić information content (AvgIpc) is 4.15. The number of methoxy groups -OCH3 is 2. The minimum atomic E-state index is -0.768. The molecule has 6 heterocycles. The van der Waals surface area contributed by atoms with Crippen LogP contribution in [0.4, 0.5) is 0 Å². The number of nitrogens with one attached hydrogen (secondary N) is 3. The number of allylic oxidation sites excluding steroid dienone is 3. The van der Waals surface area contributed by atoms with E-state index in [1.165, 1.54) is 25.3 Å². The summed E-state index contributed by atoms with van der Waals surface area (Å²) in [7, 11) is 7.28. The van der Waals surface area contributed by atoms with Crippen molar-refractivity contribution in [2.24, 2.45) is 23.5 Å². The van der Waals surface area contributed by atoms with Crippen molar-refractivity contribution in [3.05, 3.63) is 129 Å². The van der Waals surface area contributed by atoms with Crippen molar-refractivity contribution >= 4 is 33.6 Å². The van der Waals surface area contributed by atoms with Gasteiger partial charge in [-0.15, -0.1) is 5.92 Å². The molecule has 4 aromatic carbocycles. The standard InChI is InChI=1S/C67H74N4O8S2/c1-38(72)77-36-52-48-17-18-49-58-45(30-47(73)31-55(58)76-3)33-67-25-23-41(32-67)27-44-16-22-57(68)71-53(44)20-15-43-13-7-11-40(35-75-2)24-26-69-34-51-59(43)60(63(52)78-64(48)61(49)67)50-19-21-54-66(79-65(50)62(51)74)56(29-39-9-5-4-6-10-39)81-80-37-42-12-8-14-46(28-42)70-54/h4-6,9-10,16-19,21-22,30-31,40-43,46,52,54,56-57,63,66,69-71,73-74H,8,11-12,14,23-29,32-37,68H2,1-3H3. The second-order valence-corrected chi connectivity index (χ2v) is 26.8. The Balaban J connectivity index is 1.09. The first-order valence-electron chi connectivity index (χ1n) is 29.4. The number of rotatable bonds is 7. The van der Waals surface area contributed by atoms with Crippen LogP contribution in [0.15, 0.2) is 84.1 Å². The van der Waals surface area contributed by atoms with Crippen molar-refractivity contribution in [3.63, 3.8) is 0 Å². The molecule has 7 N–H and O–H groups in total. The number of aromatic hydroxyl groups is 2. The third-order valence-electron chi connectivity index (χ3n) is 18.8. The van der Waals surface area contributed by atoms with Crippen LogP contribution in [0.1, 0.15) is 134 Å². The highest BCUT2D eigenvalue weighted by atomic mass is 33.1. The molecule has 2 saturated carbocycles. The van der Waals surface area contributed by atoms with Gasteiger partial charge in [0.1, 0.15) is 42.0 Å². The molecule has 12 unspecified atom stereocenters. The summed E-state index contributed by atoms with van der Waals surface area (Å²) < 4.78 is 33.8. The van der Waals surface area contributed by atoms with E-state index in [4.69, 9.17) is 29.4 Å². The molecule has 13 rings (SSSR count). The zero-order valence-electron chi connectivity index (χ0n) is 46.6. The number of nitrogens with two attached hydrogens (primary N) is 1. The Morgan fingerprint density at radius 3 is 2.70 bits per heavy atom. The summed E-state index contributed by atoms with van der Waals surface area (Å²) in [4.78, 5) is 13.2. The fraction of sp³-hybridized carbons (Fsp3) is 0.478. The molecule has 422 valence electrons. The first-order valence-corrected chi connectivity index (χ1v) is 31.8. The largest absolute Gasteiger partial charge is 0.508 e. The highest BCUT2D eigenvalue weighted by Gasteiger charge is 2.52. The van der Waals surface area contributed by atoms with Crippen molar-refractivity contribution in [1.29, 1.82) is 0 Å². The van der Waals surface area contributed by atoms with E-state index < -0.39 is 30.2 Å². The Hall–Kier alpha value is -5.97. The van der Waals surface area contributed by atoms with Crippen LogP contribution in [0.5, 0.6) is 28.7 Å². The molecule has 0 amide bonds. The lowest BCUT2D eigenvalue weighted by atomic mass is 9.65. The number of dihydropyridines is 1. The Bertz CT molecular complexity index is 3340. The van der Waals surface area contributed by atoms with Crippen molar-refractivity contribution < 1.29 is 38.7 Å². The quantitative estimate of drug-likeness (QED) is 0.0588. The molecule has 3 fully saturated rings. The maximum absolute atomic E-state index is 13.6. The Morgan fingerprint density at radius 2 is 1.85 bits per heavy atom. The highest BCUT2D eigenvalue weighted by molar-refractivity contribution is 8.77. The SMILES string of the molecule is COCC1CC#CC2C#CC3=C(C=CC(N)N3)CC3CCC4(Cc5cc(O)cc(OC)c5-c5ccc6c(c54)OC(c4c5c(c(O)c(c42)CNCC1)OC1C(C=C5)NC2CCCC(CSSC1Cc1ccccc1)C2)C6COC(C)=O)C3. The van der Waals surface area contributed by atoms with Crippen LogP contribution in [0, 0.1) is 41.4 Å². The lowest BCUT2D eigenvalue weighted by molar-refractivity contribution is -0.141. The van der Waals surface area contributed by atoms with Gasteiger partial charge in [-0.3, -0.25) is 4.79 Å². The molecule has 6 aliphatic heterocycles. The molecular formula is C67H74N4O8S2. The van der Waals surface area contributed by atoms with E-state index in [-0.39, 0.29) is 52.6 Å². The molecule has 3 aliphatic carbocycles. The van der Waals surface area contributed by atoms with Gasteiger partial charge >= 0.3 is 5.97 Å². The molecule has 12 nitrogen and oxygen atoms in total. The predicted molar refractivity (Wildman–Crippen MR) is 320 cm³/mol. The molecule has 81 heavy (non-hydrogen) atoms. The van der Waals surface area contributed by atoms with Crippen molar-refractivity contribution in [1.82, 2.24) is 16.0 Å². The summed E-state index contributed by atoms with van der Waals surface area (Å²) in [6.07, 6.45) is 18.0. The van der Waals surface area contributed by atoms with Gasteiger partial charge in [0, 0.05) is 90.3 Å². The minimum Gasteiger partial charge on any atom is -0.508 e. The molecule has 4 aromatic rings. The fourth-order valence-electron chi connectivity index (χ4n) is 15.2. The monoisotopic (exact) mass is 1130 g/mol. The molecule has 1 spiro atoms. The number of phenolic OH excluding ortho intramolecular Hbond substituents is 2. The first-order chi connectivity index (χ1) is 39.5. The number of fused-ring (bicyclic) bond motifs is 10. The Kier molecular flexibility index (Phi) is 15.4. The third kappa shape index (κ3) is 10.5. The summed E-state index contributed by atoms with van der Waals surface area (Å²) >= 11 is 0. The number of ether oxygens (including phenoxy) is 5. The summed E-state index contributed by atoms with van der Waals surface area (Å²) in [6.45, 7) is 3.01. The fourth-order valence-corrected chi connectivity index (χ4v) is 18.4. The van der Waals surface area contributed by atoms with Gasteiger partial charge < -0.3 is 55.6 Å². The van der Waals surface area contributed by atoms with Crippen molar-refractivity contribution in [3.8, 4) is 63.6 Å². The zero-order chi connectivity index (χ0) is 55.4. The van der Waals surface area contributed by atoms with Crippen LogP contribution < -0.4 is 35.9 Å². The van der Waals surface area contributed by atoms with Crippen LogP contribution in [0.2, 0.25) is 0 Å². The molecule has 9 aliphatic rings.